The summed E-state index contributed by atoms with van der Waals surface area (Å²) in [5.41, 5.74) is 0.932. The third-order valence-corrected chi connectivity index (χ3v) is 6.77. The fraction of sp³-hybridized carbons (Fsp3) is 0.450. The second-order valence-corrected chi connectivity index (χ2v) is 9.32. The number of hydrogen-bond donors (Lipinski definition) is 2. The molecule has 0 bridgehead atoms. The normalized spacial score (nSPS) is 16.3. The Kier molecular flexibility index (Phi) is 6.65. The molecule has 0 saturated heterocycles. The number of nitrogens with zero attached hydrogens (tertiary/aromatic N) is 2. The molecule has 1 aliphatic heterocycles. The molecule has 3 amide bonds. The average molecular weight is 469 g/mol. The van der Waals surface area contributed by atoms with E-state index >= 15 is 0 Å². The molecule has 4 rings (SSSR count). The number of benzene rings is 1. The van der Waals surface area contributed by atoms with Gasteiger partial charge in [0.1, 0.15) is 5.75 Å². The zero-order valence-corrected chi connectivity index (χ0v) is 18.6. The van der Waals surface area contributed by atoms with Gasteiger partial charge < -0.3 is 15.0 Å². The number of fused-ring (bicyclic) bond motifs is 1. The molecule has 7 nitrogen and oxygen atoms in total. The Hall–Kier alpha value is -2.03. The second kappa shape index (κ2) is 9.41. The van der Waals surface area contributed by atoms with Crippen LogP contribution >= 0.6 is 34.5 Å². The molecule has 2 aromatic rings. The molecule has 0 radical (unpaired) electrons. The smallest absolute Gasteiger partial charge is 0.321 e. The van der Waals surface area contributed by atoms with Gasteiger partial charge in [-0.2, -0.15) is 0 Å². The third kappa shape index (κ3) is 5.17. The first-order valence-electron chi connectivity index (χ1n) is 9.89. The summed E-state index contributed by atoms with van der Waals surface area (Å²) in [5.74, 6) is 0.290. The van der Waals surface area contributed by atoms with Crippen LogP contribution in [0.25, 0.3) is 0 Å². The maximum absolute atomic E-state index is 12.6. The number of aromatic nitrogens is 1. The van der Waals surface area contributed by atoms with Crippen LogP contribution in [0.3, 0.4) is 0 Å². The summed E-state index contributed by atoms with van der Waals surface area (Å²) < 4.78 is 5.56. The lowest BCUT2D eigenvalue weighted by Gasteiger charge is -2.26. The lowest BCUT2D eigenvalue weighted by Crippen LogP contribution is -2.38. The number of halogens is 2. The van der Waals surface area contributed by atoms with Crippen LogP contribution in [0.5, 0.6) is 5.75 Å². The van der Waals surface area contributed by atoms with Crippen LogP contribution in [0.4, 0.5) is 9.93 Å². The molecule has 1 aromatic heterocycles. The molecule has 0 unspecified atom stereocenters. The highest BCUT2D eigenvalue weighted by Crippen LogP contribution is 2.30. The van der Waals surface area contributed by atoms with E-state index in [2.05, 4.69) is 15.6 Å². The van der Waals surface area contributed by atoms with Crippen LogP contribution in [-0.4, -0.2) is 41.0 Å². The van der Waals surface area contributed by atoms with E-state index in [1.807, 2.05) is 0 Å². The minimum absolute atomic E-state index is 0.107. The molecule has 2 aliphatic rings. The molecule has 1 aromatic carbocycles. The molecule has 1 aliphatic carbocycles. The number of thiazole rings is 1. The summed E-state index contributed by atoms with van der Waals surface area (Å²) in [6, 6.07) is 4.92. The SMILES string of the molecule is O=C(Nc1nc2c(s1)CN(C(=O)COc1ccc(Cl)cc1Cl)CC2)NC1CCCC1. The van der Waals surface area contributed by atoms with E-state index in [4.69, 9.17) is 27.9 Å². The van der Waals surface area contributed by atoms with E-state index < -0.39 is 0 Å². The van der Waals surface area contributed by atoms with Crippen molar-refractivity contribution in [3.8, 4) is 5.75 Å². The van der Waals surface area contributed by atoms with Gasteiger partial charge in [-0.05, 0) is 31.0 Å². The largest absolute Gasteiger partial charge is 0.482 e. The zero-order valence-electron chi connectivity index (χ0n) is 16.2. The number of carbonyl (C=O) groups is 2. The number of ether oxygens (including phenoxy) is 1. The van der Waals surface area contributed by atoms with Crippen LogP contribution < -0.4 is 15.4 Å². The van der Waals surface area contributed by atoms with Crippen LogP contribution in [0.2, 0.25) is 10.0 Å². The van der Waals surface area contributed by atoms with Gasteiger partial charge in [0.15, 0.2) is 11.7 Å². The quantitative estimate of drug-likeness (QED) is 0.677. The Morgan fingerprint density at radius 1 is 1.27 bits per heavy atom. The Morgan fingerprint density at radius 3 is 2.83 bits per heavy atom. The van der Waals surface area contributed by atoms with Crippen molar-refractivity contribution in [2.45, 2.75) is 44.7 Å². The van der Waals surface area contributed by atoms with Crippen molar-refractivity contribution in [2.24, 2.45) is 0 Å². The van der Waals surface area contributed by atoms with E-state index in [0.29, 0.717) is 40.4 Å². The second-order valence-electron chi connectivity index (χ2n) is 7.40. The fourth-order valence-electron chi connectivity index (χ4n) is 3.67. The predicted octanol–water partition coefficient (Wildman–Crippen LogP) is 4.48. The average Bonchev–Trinajstić information content (AvgIpc) is 3.35. The monoisotopic (exact) mass is 468 g/mol. The third-order valence-electron chi connectivity index (χ3n) is 5.24. The van der Waals surface area contributed by atoms with Crippen molar-refractivity contribution in [3.05, 3.63) is 38.8 Å². The van der Waals surface area contributed by atoms with Gasteiger partial charge in [0.05, 0.1) is 17.3 Å². The predicted molar refractivity (Wildman–Crippen MR) is 118 cm³/mol. The van der Waals surface area contributed by atoms with Crippen molar-refractivity contribution in [3.63, 3.8) is 0 Å². The fourth-order valence-corrected chi connectivity index (χ4v) is 5.16. The Labute approximate surface area is 188 Å². The first kappa shape index (κ1) is 21.2. The Bertz CT molecular complexity index is 946. The number of carbonyl (C=O) groups excluding carboxylic acids is 2. The standard InChI is InChI=1S/C20H22Cl2N4O3S/c21-12-5-6-16(14(22)9-12)29-11-18(27)26-8-7-15-17(10-26)30-20(24-15)25-19(28)23-13-3-1-2-4-13/h5-6,9,13H,1-4,7-8,10-11H2,(H2,23,24,25,28). The van der Waals surface area contributed by atoms with Crippen LogP contribution in [0, 0.1) is 0 Å². The summed E-state index contributed by atoms with van der Waals surface area (Å²) in [4.78, 5) is 32.0. The summed E-state index contributed by atoms with van der Waals surface area (Å²) in [5, 5.41) is 7.26. The zero-order chi connectivity index (χ0) is 21.1. The van der Waals surface area contributed by atoms with Gasteiger partial charge in [-0.15, -0.1) is 0 Å². The highest BCUT2D eigenvalue weighted by molar-refractivity contribution is 7.15. The van der Waals surface area contributed by atoms with Gasteiger partial charge in [0.2, 0.25) is 0 Å². The molecule has 0 spiro atoms. The molecular weight excluding hydrogens is 447 g/mol. The summed E-state index contributed by atoms with van der Waals surface area (Å²) in [7, 11) is 0. The van der Waals surface area contributed by atoms with Crippen molar-refractivity contribution in [1.82, 2.24) is 15.2 Å². The van der Waals surface area contributed by atoms with Crippen LogP contribution in [0.1, 0.15) is 36.3 Å². The van der Waals surface area contributed by atoms with E-state index in [1.165, 1.54) is 11.3 Å². The Morgan fingerprint density at radius 2 is 2.07 bits per heavy atom. The maximum atomic E-state index is 12.6. The number of anilines is 1. The van der Waals surface area contributed by atoms with E-state index in [1.54, 1.807) is 23.1 Å². The van der Waals surface area contributed by atoms with Crippen molar-refractivity contribution < 1.29 is 14.3 Å². The molecular formula is C20H22Cl2N4O3S. The lowest BCUT2D eigenvalue weighted by atomic mass is 10.2. The summed E-state index contributed by atoms with van der Waals surface area (Å²) in [6.45, 7) is 0.904. The number of rotatable bonds is 5. The topological polar surface area (TPSA) is 83.6 Å². The van der Waals surface area contributed by atoms with Crippen molar-refractivity contribution in [2.75, 3.05) is 18.5 Å². The van der Waals surface area contributed by atoms with Crippen LogP contribution in [-0.2, 0) is 17.8 Å². The number of amides is 3. The van der Waals surface area contributed by atoms with Crippen molar-refractivity contribution >= 4 is 51.6 Å². The van der Waals surface area contributed by atoms with Gasteiger partial charge in [-0.1, -0.05) is 47.4 Å². The van der Waals surface area contributed by atoms with Gasteiger partial charge >= 0.3 is 6.03 Å². The lowest BCUT2D eigenvalue weighted by molar-refractivity contribution is -0.134. The molecule has 2 heterocycles. The number of nitrogens with one attached hydrogen (secondary N) is 2. The highest BCUT2D eigenvalue weighted by Gasteiger charge is 2.25. The molecule has 1 saturated carbocycles. The molecule has 10 heteroatoms. The first-order chi connectivity index (χ1) is 14.5. The summed E-state index contributed by atoms with van der Waals surface area (Å²) in [6.07, 6.45) is 5.03. The molecule has 1 fully saturated rings. The van der Waals surface area contributed by atoms with Crippen molar-refractivity contribution in [1.29, 1.82) is 0 Å². The molecule has 30 heavy (non-hydrogen) atoms. The van der Waals surface area contributed by atoms with Gasteiger partial charge in [-0.3, -0.25) is 10.1 Å². The van der Waals surface area contributed by atoms with E-state index in [-0.39, 0.29) is 24.6 Å². The molecule has 0 atom stereocenters. The number of urea groups is 1. The van der Waals surface area contributed by atoms with Gasteiger partial charge in [-0.25, -0.2) is 9.78 Å². The maximum Gasteiger partial charge on any atom is 0.321 e. The minimum Gasteiger partial charge on any atom is -0.482 e. The van der Waals surface area contributed by atoms with E-state index in [0.717, 1.165) is 36.3 Å². The van der Waals surface area contributed by atoms with Gasteiger partial charge in [0, 0.05) is 28.9 Å². The molecule has 160 valence electrons. The summed E-state index contributed by atoms with van der Waals surface area (Å²) >= 11 is 13.4. The highest BCUT2D eigenvalue weighted by atomic mass is 35.5. The number of hydrogen-bond acceptors (Lipinski definition) is 5. The molecule has 2 N–H and O–H groups in total. The van der Waals surface area contributed by atoms with Gasteiger partial charge in [0.25, 0.3) is 5.91 Å². The Balaban J connectivity index is 1.30. The minimum atomic E-state index is -0.214. The van der Waals surface area contributed by atoms with Crippen LogP contribution in [0.15, 0.2) is 18.2 Å². The van der Waals surface area contributed by atoms with E-state index in [9.17, 15) is 9.59 Å². The first-order valence-corrected chi connectivity index (χ1v) is 11.5.